The monoisotopic (exact) mass is 347 g/mol. The van der Waals surface area contributed by atoms with Gasteiger partial charge in [-0.25, -0.2) is 22.5 Å². The van der Waals surface area contributed by atoms with Gasteiger partial charge in [-0.1, -0.05) is 6.07 Å². The summed E-state index contributed by atoms with van der Waals surface area (Å²) in [5.74, 6) is -4.68. The van der Waals surface area contributed by atoms with Gasteiger partial charge >= 0.3 is 0 Å². The van der Waals surface area contributed by atoms with Gasteiger partial charge in [0.05, 0.1) is 11.3 Å². The van der Waals surface area contributed by atoms with Crippen LogP contribution < -0.4 is 4.74 Å². The van der Waals surface area contributed by atoms with Gasteiger partial charge in [-0.05, 0) is 36.4 Å². The molecule has 1 heterocycles. The molecule has 3 nitrogen and oxygen atoms in total. The zero-order valence-corrected chi connectivity index (χ0v) is 12.5. The number of aromatic nitrogens is 1. The van der Waals surface area contributed by atoms with E-state index in [0.29, 0.717) is 6.29 Å². The zero-order valence-electron chi connectivity index (χ0n) is 12.5. The molecule has 0 aliphatic rings. The van der Waals surface area contributed by atoms with Crippen LogP contribution >= 0.6 is 0 Å². The lowest BCUT2D eigenvalue weighted by atomic mass is 10.1. The first-order valence-electron chi connectivity index (χ1n) is 7.03. The van der Waals surface area contributed by atoms with Crippen molar-refractivity contribution in [2.45, 2.75) is 0 Å². The molecule has 25 heavy (non-hydrogen) atoms. The van der Waals surface area contributed by atoms with Crippen molar-refractivity contribution in [3.8, 4) is 22.9 Å². The second kappa shape index (κ2) is 6.72. The van der Waals surface area contributed by atoms with E-state index in [4.69, 9.17) is 4.74 Å². The summed E-state index contributed by atoms with van der Waals surface area (Å²) >= 11 is 0. The Bertz CT molecular complexity index is 960. The quantitative estimate of drug-likeness (QED) is 0.497. The number of rotatable bonds is 4. The van der Waals surface area contributed by atoms with Crippen molar-refractivity contribution in [2.75, 3.05) is 0 Å². The summed E-state index contributed by atoms with van der Waals surface area (Å²) in [4.78, 5) is 15.0. The lowest BCUT2D eigenvalue weighted by Crippen LogP contribution is -1.99. The lowest BCUT2D eigenvalue weighted by Gasteiger charge is -2.10. The molecule has 126 valence electrons. The number of hydrogen-bond acceptors (Lipinski definition) is 3. The van der Waals surface area contributed by atoms with Crippen LogP contribution in [-0.4, -0.2) is 11.3 Å². The minimum absolute atomic E-state index is 0.0330. The van der Waals surface area contributed by atoms with Crippen LogP contribution in [0, 0.1) is 23.3 Å². The van der Waals surface area contributed by atoms with Crippen molar-refractivity contribution in [1.82, 2.24) is 4.98 Å². The summed E-state index contributed by atoms with van der Waals surface area (Å²) in [7, 11) is 0. The normalized spacial score (nSPS) is 10.6. The Labute approximate surface area is 139 Å². The highest BCUT2D eigenvalue weighted by Gasteiger charge is 2.16. The average molecular weight is 347 g/mol. The second-order valence-corrected chi connectivity index (χ2v) is 4.99. The standard InChI is InChI=1S/C18H9F4NO2/c19-11-5-6-13(20)16(8-11)25-18-10(9-24)4-7-15(23-18)12-2-1-3-14(21)17(12)22/h1-9H. The molecular weight excluding hydrogens is 338 g/mol. The van der Waals surface area contributed by atoms with Crippen molar-refractivity contribution in [3.05, 3.63) is 77.4 Å². The minimum Gasteiger partial charge on any atom is -0.435 e. The van der Waals surface area contributed by atoms with Gasteiger partial charge in [0.1, 0.15) is 5.82 Å². The van der Waals surface area contributed by atoms with Gasteiger partial charge in [0.25, 0.3) is 0 Å². The third kappa shape index (κ3) is 3.35. The summed E-state index contributed by atoms with van der Waals surface area (Å²) in [6.07, 6.45) is 0.394. The van der Waals surface area contributed by atoms with E-state index in [9.17, 15) is 22.4 Å². The number of pyridine rings is 1. The molecule has 0 bridgehead atoms. The van der Waals surface area contributed by atoms with Gasteiger partial charge in [0.15, 0.2) is 29.5 Å². The molecule has 0 fully saturated rings. The van der Waals surface area contributed by atoms with Crippen LogP contribution in [0.3, 0.4) is 0 Å². The van der Waals surface area contributed by atoms with E-state index < -0.39 is 29.0 Å². The van der Waals surface area contributed by atoms with Crippen LogP contribution in [-0.2, 0) is 0 Å². The molecular formula is C18H9F4NO2. The largest absolute Gasteiger partial charge is 0.435 e. The third-order valence-corrected chi connectivity index (χ3v) is 3.34. The van der Waals surface area contributed by atoms with Crippen LogP contribution in [0.4, 0.5) is 17.6 Å². The zero-order chi connectivity index (χ0) is 18.0. The van der Waals surface area contributed by atoms with E-state index in [1.807, 2.05) is 0 Å². The summed E-state index contributed by atoms with van der Waals surface area (Å²) in [6, 6.07) is 8.58. The molecule has 3 aromatic rings. The fourth-order valence-electron chi connectivity index (χ4n) is 2.13. The van der Waals surface area contributed by atoms with Crippen LogP contribution in [0.25, 0.3) is 11.3 Å². The van der Waals surface area contributed by atoms with Crippen LogP contribution in [0.15, 0.2) is 48.5 Å². The number of benzene rings is 2. The number of nitrogens with zero attached hydrogens (tertiary/aromatic N) is 1. The average Bonchev–Trinajstić information content (AvgIpc) is 2.60. The predicted octanol–water partition coefficient (Wildman–Crippen LogP) is 4.91. The van der Waals surface area contributed by atoms with E-state index in [1.54, 1.807) is 0 Å². The molecule has 0 radical (unpaired) electrons. The van der Waals surface area contributed by atoms with Crippen molar-refractivity contribution in [2.24, 2.45) is 0 Å². The lowest BCUT2D eigenvalue weighted by molar-refractivity contribution is 0.112. The van der Waals surface area contributed by atoms with Crippen LogP contribution in [0.2, 0.25) is 0 Å². The Balaban J connectivity index is 2.08. The summed E-state index contributed by atoms with van der Waals surface area (Å²) in [5, 5.41) is 0. The highest BCUT2D eigenvalue weighted by molar-refractivity contribution is 5.79. The second-order valence-electron chi connectivity index (χ2n) is 4.99. The van der Waals surface area contributed by atoms with Gasteiger partial charge < -0.3 is 4.74 Å². The number of aldehydes is 1. The Hall–Kier alpha value is -3.22. The Morgan fingerprint density at radius 3 is 2.48 bits per heavy atom. The van der Waals surface area contributed by atoms with Gasteiger partial charge in [-0.2, -0.15) is 0 Å². The van der Waals surface area contributed by atoms with Gasteiger partial charge in [0, 0.05) is 11.6 Å². The molecule has 7 heteroatoms. The van der Waals surface area contributed by atoms with E-state index in [2.05, 4.69) is 4.98 Å². The number of carbonyl (C=O) groups excluding carboxylic acids is 1. The van der Waals surface area contributed by atoms with E-state index in [1.165, 1.54) is 24.3 Å². The number of carbonyl (C=O) groups is 1. The highest BCUT2D eigenvalue weighted by Crippen LogP contribution is 2.30. The molecule has 0 aliphatic carbocycles. The minimum atomic E-state index is -1.13. The van der Waals surface area contributed by atoms with Crippen molar-refractivity contribution < 1.29 is 27.1 Å². The van der Waals surface area contributed by atoms with Crippen LogP contribution in [0.5, 0.6) is 11.6 Å². The molecule has 0 spiro atoms. The Kier molecular flexibility index (Phi) is 4.47. The maximum absolute atomic E-state index is 13.9. The molecule has 0 unspecified atom stereocenters. The molecule has 0 atom stereocenters. The van der Waals surface area contributed by atoms with E-state index in [0.717, 1.165) is 24.3 Å². The maximum Gasteiger partial charge on any atom is 0.230 e. The molecule has 0 N–H and O–H groups in total. The number of hydrogen-bond donors (Lipinski definition) is 0. The van der Waals surface area contributed by atoms with Gasteiger partial charge in [-0.3, -0.25) is 4.79 Å². The molecule has 0 saturated carbocycles. The van der Waals surface area contributed by atoms with E-state index in [-0.39, 0.29) is 22.7 Å². The first-order valence-corrected chi connectivity index (χ1v) is 7.03. The fourth-order valence-corrected chi connectivity index (χ4v) is 2.13. The first-order chi connectivity index (χ1) is 12.0. The molecule has 1 aromatic heterocycles. The smallest absolute Gasteiger partial charge is 0.230 e. The summed E-state index contributed by atoms with van der Waals surface area (Å²) in [5.41, 5.74) is -0.263. The first kappa shape index (κ1) is 16.6. The fraction of sp³-hybridized carbons (Fsp3) is 0. The molecule has 0 amide bonds. The number of halogens is 4. The predicted molar refractivity (Wildman–Crippen MR) is 81.4 cm³/mol. The maximum atomic E-state index is 13.9. The van der Waals surface area contributed by atoms with Crippen molar-refractivity contribution in [3.63, 3.8) is 0 Å². The summed E-state index contributed by atoms with van der Waals surface area (Å²) < 4.78 is 59.4. The topological polar surface area (TPSA) is 39.2 Å². The van der Waals surface area contributed by atoms with Gasteiger partial charge in [-0.15, -0.1) is 0 Å². The van der Waals surface area contributed by atoms with Gasteiger partial charge in [0.2, 0.25) is 5.88 Å². The Morgan fingerprint density at radius 1 is 0.920 bits per heavy atom. The SMILES string of the molecule is O=Cc1ccc(-c2cccc(F)c2F)nc1Oc1cc(F)ccc1F. The number of ether oxygens (including phenoxy) is 1. The third-order valence-electron chi connectivity index (χ3n) is 3.34. The Morgan fingerprint density at radius 2 is 1.72 bits per heavy atom. The van der Waals surface area contributed by atoms with E-state index >= 15 is 0 Å². The molecule has 2 aromatic carbocycles. The van der Waals surface area contributed by atoms with Crippen molar-refractivity contribution in [1.29, 1.82) is 0 Å². The van der Waals surface area contributed by atoms with Crippen LogP contribution in [0.1, 0.15) is 10.4 Å². The summed E-state index contributed by atoms with van der Waals surface area (Å²) in [6.45, 7) is 0. The highest BCUT2D eigenvalue weighted by atomic mass is 19.2. The molecule has 0 aliphatic heterocycles. The van der Waals surface area contributed by atoms with Crippen molar-refractivity contribution >= 4 is 6.29 Å². The molecule has 3 rings (SSSR count). The molecule has 0 saturated heterocycles.